The molecule has 0 radical (unpaired) electrons. The Morgan fingerprint density at radius 1 is 1.03 bits per heavy atom. The Morgan fingerprint density at radius 3 is 2.45 bits per heavy atom. The number of halogens is 3. The van der Waals surface area contributed by atoms with Crippen molar-refractivity contribution in [3.8, 4) is 17.6 Å². The van der Waals surface area contributed by atoms with Crippen LogP contribution in [0.5, 0.6) is 11.5 Å². The van der Waals surface area contributed by atoms with Gasteiger partial charge in [-0.3, -0.25) is 9.89 Å². The molecular weight excluding hydrogens is 409 g/mol. The van der Waals surface area contributed by atoms with E-state index in [0.717, 1.165) is 23.7 Å². The molecule has 1 amide bonds. The predicted molar refractivity (Wildman–Crippen MR) is 107 cm³/mol. The lowest BCUT2D eigenvalue weighted by atomic mass is 10.1. The monoisotopic (exact) mass is 422 g/mol. The summed E-state index contributed by atoms with van der Waals surface area (Å²) in [5.41, 5.74) is -0.0737. The molecule has 31 heavy (non-hydrogen) atoms. The van der Waals surface area contributed by atoms with Crippen molar-refractivity contribution >= 4 is 22.5 Å². The van der Waals surface area contributed by atoms with E-state index < -0.39 is 23.2 Å². The maximum absolute atomic E-state index is 12.9. The highest BCUT2D eigenvalue weighted by Crippen LogP contribution is 2.34. The van der Waals surface area contributed by atoms with E-state index in [1.54, 1.807) is 36.4 Å². The van der Waals surface area contributed by atoms with Crippen molar-refractivity contribution < 1.29 is 22.7 Å². The second-order valence-electron chi connectivity index (χ2n) is 6.52. The van der Waals surface area contributed by atoms with Gasteiger partial charge in [0.2, 0.25) is 0 Å². The molecule has 4 aromatic rings. The fourth-order valence-electron chi connectivity index (χ4n) is 3.00. The van der Waals surface area contributed by atoms with E-state index in [9.17, 15) is 18.0 Å². The number of carbonyl (C=O) groups excluding carboxylic acids is 1. The van der Waals surface area contributed by atoms with Crippen LogP contribution in [0.2, 0.25) is 0 Å². The summed E-state index contributed by atoms with van der Waals surface area (Å²) in [5, 5.41) is 19.2. The van der Waals surface area contributed by atoms with Crippen molar-refractivity contribution in [2.75, 3.05) is 5.32 Å². The second kappa shape index (κ2) is 7.84. The topological polar surface area (TPSA) is 90.8 Å². The number of aromatic amines is 1. The van der Waals surface area contributed by atoms with Crippen LogP contribution in [0.15, 0.2) is 66.7 Å². The normalized spacial score (nSPS) is 11.2. The van der Waals surface area contributed by atoms with Gasteiger partial charge in [-0.1, -0.05) is 18.2 Å². The van der Waals surface area contributed by atoms with Crippen LogP contribution in [0.25, 0.3) is 10.9 Å². The van der Waals surface area contributed by atoms with Crippen molar-refractivity contribution in [2.45, 2.75) is 6.18 Å². The number of benzene rings is 3. The number of H-pyrrole nitrogens is 1. The van der Waals surface area contributed by atoms with Crippen molar-refractivity contribution in [1.82, 2.24) is 10.2 Å². The van der Waals surface area contributed by atoms with E-state index in [1.807, 2.05) is 12.1 Å². The molecule has 6 nitrogen and oxygen atoms in total. The van der Waals surface area contributed by atoms with Crippen molar-refractivity contribution in [3.05, 3.63) is 83.6 Å². The summed E-state index contributed by atoms with van der Waals surface area (Å²) < 4.78 is 44.2. The number of hydrogen-bond acceptors (Lipinski definition) is 4. The fourth-order valence-corrected chi connectivity index (χ4v) is 3.00. The maximum atomic E-state index is 12.9. The van der Waals surface area contributed by atoms with Crippen LogP contribution in [0, 0.1) is 11.3 Å². The molecule has 0 fully saturated rings. The fraction of sp³-hybridized carbons (Fsp3) is 0.0455. The van der Waals surface area contributed by atoms with Gasteiger partial charge >= 0.3 is 6.18 Å². The molecule has 154 valence electrons. The van der Waals surface area contributed by atoms with Crippen molar-refractivity contribution in [2.24, 2.45) is 0 Å². The lowest BCUT2D eigenvalue weighted by Crippen LogP contribution is -2.12. The number of anilines is 1. The Morgan fingerprint density at radius 2 is 1.74 bits per heavy atom. The summed E-state index contributed by atoms with van der Waals surface area (Å²) in [7, 11) is 0. The number of alkyl halides is 3. The minimum atomic E-state index is -4.62. The van der Waals surface area contributed by atoms with Crippen LogP contribution >= 0.6 is 0 Å². The van der Waals surface area contributed by atoms with Gasteiger partial charge in [0.15, 0.2) is 5.69 Å². The predicted octanol–water partition coefficient (Wildman–Crippen LogP) is 5.50. The second-order valence-corrected chi connectivity index (χ2v) is 6.52. The first-order chi connectivity index (χ1) is 14.8. The Balaban J connectivity index is 1.47. The first-order valence-electron chi connectivity index (χ1n) is 8.99. The summed E-state index contributed by atoms with van der Waals surface area (Å²) in [4.78, 5) is 12.5. The summed E-state index contributed by atoms with van der Waals surface area (Å²) in [6.45, 7) is 0. The molecule has 1 heterocycles. The first-order valence-corrected chi connectivity index (χ1v) is 8.99. The zero-order valence-electron chi connectivity index (χ0n) is 15.7. The molecule has 3 aromatic carbocycles. The molecule has 4 rings (SSSR count). The highest BCUT2D eigenvalue weighted by Gasteiger charge is 2.33. The first kappa shape index (κ1) is 20.0. The van der Waals surface area contributed by atoms with Gasteiger partial charge in [-0.05, 0) is 48.5 Å². The third-order valence-corrected chi connectivity index (χ3v) is 4.45. The molecule has 0 unspecified atom stereocenters. The lowest BCUT2D eigenvalue weighted by molar-refractivity contribution is -0.137. The summed E-state index contributed by atoms with van der Waals surface area (Å²) in [5.74, 6) is 0.0173. The molecule has 0 saturated heterocycles. The van der Waals surface area contributed by atoms with Crippen LogP contribution in [-0.2, 0) is 6.18 Å². The average Bonchev–Trinajstić information content (AvgIpc) is 3.18. The molecule has 0 atom stereocenters. The zero-order valence-corrected chi connectivity index (χ0v) is 15.7. The number of amides is 1. The van der Waals surface area contributed by atoms with E-state index in [0.29, 0.717) is 16.8 Å². The number of hydrogen-bond donors (Lipinski definition) is 2. The van der Waals surface area contributed by atoms with Gasteiger partial charge in [-0.25, -0.2) is 0 Å². The minimum absolute atomic E-state index is 0.0873. The van der Waals surface area contributed by atoms with Gasteiger partial charge < -0.3 is 10.1 Å². The van der Waals surface area contributed by atoms with E-state index in [4.69, 9.17) is 10.00 Å². The number of nitrogens with one attached hydrogen (secondary N) is 2. The highest BCUT2D eigenvalue weighted by atomic mass is 19.4. The largest absolute Gasteiger partial charge is 0.457 e. The van der Waals surface area contributed by atoms with Crippen LogP contribution in [0.4, 0.5) is 18.9 Å². The lowest BCUT2D eigenvalue weighted by Gasteiger charge is -2.11. The third-order valence-electron chi connectivity index (χ3n) is 4.45. The van der Waals surface area contributed by atoms with Gasteiger partial charge in [-0.2, -0.15) is 23.5 Å². The molecule has 9 heteroatoms. The van der Waals surface area contributed by atoms with Gasteiger partial charge in [0.1, 0.15) is 11.5 Å². The molecule has 1 aromatic heterocycles. The smallest absolute Gasteiger partial charge is 0.417 e. The van der Waals surface area contributed by atoms with Gasteiger partial charge in [-0.15, -0.1) is 0 Å². The quantitative estimate of drug-likeness (QED) is 0.455. The molecular formula is C22H13F3N4O2. The SMILES string of the molecule is N#Cc1cc(Oc2ccc(NC(=O)c3n[nH]c4ccccc34)cc2)ccc1C(F)(F)F. The van der Waals surface area contributed by atoms with Crippen LogP contribution in [0.1, 0.15) is 21.6 Å². The number of nitrogens with zero attached hydrogens (tertiary/aromatic N) is 2. The Bertz CT molecular complexity index is 1310. The van der Waals surface area contributed by atoms with Crippen LogP contribution in [0.3, 0.4) is 0 Å². The Hall–Kier alpha value is -4.32. The average molecular weight is 422 g/mol. The molecule has 2 N–H and O–H groups in total. The summed E-state index contributed by atoms with van der Waals surface area (Å²) in [6.07, 6.45) is -4.62. The van der Waals surface area contributed by atoms with Crippen LogP contribution in [-0.4, -0.2) is 16.1 Å². The van der Waals surface area contributed by atoms with Gasteiger partial charge in [0.05, 0.1) is 22.7 Å². The molecule has 0 aliphatic rings. The molecule has 0 aliphatic heterocycles. The third kappa shape index (κ3) is 4.18. The molecule has 0 saturated carbocycles. The number of fused-ring (bicyclic) bond motifs is 1. The summed E-state index contributed by atoms with van der Waals surface area (Å²) >= 11 is 0. The van der Waals surface area contributed by atoms with Crippen LogP contribution < -0.4 is 10.1 Å². The molecule has 0 bridgehead atoms. The number of rotatable bonds is 4. The Labute approximate surface area is 173 Å². The standard InChI is InChI=1S/C22H13F3N4O2/c23-22(24,25)18-10-9-16(11-13(18)12-26)31-15-7-5-14(6-8-15)27-21(30)20-17-3-1-2-4-19(17)28-29-20/h1-11H,(H,27,30)(H,28,29). The van der Waals surface area contributed by atoms with E-state index in [2.05, 4.69) is 15.5 Å². The van der Waals surface area contributed by atoms with Crippen molar-refractivity contribution in [3.63, 3.8) is 0 Å². The number of para-hydroxylation sites is 1. The van der Waals surface area contributed by atoms with E-state index in [1.165, 1.54) is 6.07 Å². The Kier molecular flexibility index (Phi) is 5.05. The van der Waals surface area contributed by atoms with E-state index >= 15 is 0 Å². The number of aromatic nitrogens is 2. The van der Waals surface area contributed by atoms with E-state index in [-0.39, 0.29) is 11.4 Å². The maximum Gasteiger partial charge on any atom is 0.417 e. The highest BCUT2D eigenvalue weighted by molar-refractivity contribution is 6.11. The van der Waals surface area contributed by atoms with Gasteiger partial charge in [0.25, 0.3) is 5.91 Å². The number of carbonyl (C=O) groups is 1. The molecule has 0 spiro atoms. The zero-order chi connectivity index (χ0) is 22.0. The summed E-state index contributed by atoms with van der Waals surface area (Å²) in [6, 6.07) is 18.0. The molecule has 0 aliphatic carbocycles. The number of nitriles is 1. The number of ether oxygens (including phenoxy) is 1. The van der Waals surface area contributed by atoms with Crippen molar-refractivity contribution in [1.29, 1.82) is 5.26 Å². The van der Waals surface area contributed by atoms with Gasteiger partial charge in [0, 0.05) is 11.1 Å². The minimum Gasteiger partial charge on any atom is -0.457 e.